The van der Waals surface area contributed by atoms with E-state index in [1.54, 1.807) is 11.3 Å². The van der Waals surface area contributed by atoms with Crippen LogP contribution < -0.4 is 11.1 Å². The van der Waals surface area contributed by atoms with E-state index in [1.165, 1.54) is 20.2 Å². The Bertz CT molecular complexity index is 722. The van der Waals surface area contributed by atoms with Crippen LogP contribution in [0.4, 0.5) is 10.8 Å². The molecular formula is C15H14BrN3S2. The summed E-state index contributed by atoms with van der Waals surface area (Å²) >= 11 is 6.68. The Morgan fingerprint density at radius 3 is 2.67 bits per heavy atom. The first kappa shape index (κ1) is 14.6. The molecule has 0 bridgehead atoms. The zero-order chi connectivity index (χ0) is 14.7. The van der Waals surface area contributed by atoms with Gasteiger partial charge in [-0.3, -0.25) is 0 Å². The summed E-state index contributed by atoms with van der Waals surface area (Å²) in [5.74, 6) is 0.590. The Hall–Kier alpha value is -1.37. The third-order valence-electron chi connectivity index (χ3n) is 3.07. The van der Waals surface area contributed by atoms with E-state index in [4.69, 9.17) is 5.73 Å². The molecule has 0 aliphatic rings. The quantitative estimate of drug-likeness (QED) is 0.664. The van der Waals surface area contributed by atoms with Crippen LogP contribution in [0.3, 0.4) is 0 Å². The van der Waals surface area contributed by atoms with Crippen molar-refractivity contribution in [3.8, 4) is 11.1 Å². The number of hydrogen-bond donors (Lipinski definition) is 2. The van der Waals surface area contributed by atoms with Crippen molar-refractivity contribution < 1.29 is 0 Å². The number of nitrogens with two attached hydrogens (primary N) is 1. The summed E-state index contributed by atoms with van der Waals surface area (Å²) in [7, 11) is 0. The van der Waals surface area contributed by atoms with Crippen molar-refractivity contribution in [1.82, 2.24) is 4.37 Å². The number of nitrogens with one attached hydrogen (secondary N) is 1. The maximum absolute atomic E-state index is 6.01. The molecular weight excluding hydrogens is 366 g/mol. The fraction of sp³-hybridized carbons (Fsp3) is 0.133. The Labute approximate surface area is 140 Å². The number of hydrogen-bond acceptors (Lipinski definition) is 5. The van der Waals surface area contributed by atoms with Crippen molar-refractivity contribution in [2.24, 2.45) is 0 Å². The van der Waals surface area contributed by atoms with Gasteiger partial charge >= 0.3 is 0 Å². The molecule has 1 aromatic carbocycles. The van der Waals surface area contributed by atoms with Crippen molar-refractivity contribution in [3.63, 3.8) is 0 Å². The van der Waals surface area contributed by atoms with Crippen molar-refractivity contribution in [2.45, 2.75) is 6.42 Å². The largest absolute Gasteiger partial charge is 0.382 e. The minimum Gasteiger partial charge on any atom is -0.382 e. The van der Waals surface area contributed by atoms with E-state index in [0.717, 1.165) is 29.1 Å². The van der Waals surface area contributed by atoms with Crippen LogP contribution in [0.2, 0.25) is 0 Å². The highest BCUT2D eigenvalue weighted by atomic mass is 79.9. The van der Waals surface area contributed by atoms with Crippen molar-refractivity contribution in [1.29, 1.82) is 0 Å². The minimum atomic E-state index is 0.590. The number of thiophene rings is 1. The molecule has 2 heterocycles. The van der Waals surface area contributed by atoms with E-state index >= 15 is 0 Å². The number of nitrogen functional groups attached to an aromatic ring is 1. The summed E-state index contributed by atoms with van der Waals surface area (Å²) < 4.78 is 5.45. The first-order chi connectivity index (χ1) is 10.2. The molecule has 0 radical (unpaired) electrons. The second-order valence-corrected chi connectivity index (χ2v) is 7.84. The predicted molar refractivity (Wildman–Crippen MR) is 96.2 cm³/mol. The van der Waals surface area contributed by atoms with Gasteiger partial charge in [-0.15, -0.1) is 11.3 Å². The molecule has 0 amide bonds. The van der Waals surface area contributed by atoms with E-state index in [2.05, 4.69) is 49.9 Å². The molecule has 21 heavy (non-hydrogen) atoms. The lowest BCUT2D eigenvalue weighted by atomic mass is 10.1. The van der Waals surface area contributed by atoms with E-state index in [9.17, 15) is 0 Å². The molecule has 108 valence electrons. The molecule has 0 saturated carbocycles. The number of halogens is 1. The highest BCUT2D eigenvalue weighted by Crippen LogP contribution is 2.36. The Balaban J connectivity index is 1.72. The van der Waals surface area contributed by atoms with Gasteiger partial charge in [0.05, 0.1) is 9.35 Å². The highest BCUT2D eigenvalue weighted by molar-refractivity contribution is 9.11. The topological polar surface area (TPSA) is 50.9 Å². The van der Waals surface area contributed by atoms with Gasteiger partial charge in [-0.25, -0.2) is 0 Å². The van der Waals surface area contributed by atoms with Crippen LogP contribution in [0.1, 0.15) is 4.88 Å². The average molecular weight is 380 g/mol. The first-order valence-corrected chi connectivity index (χ1v) is 8.91. The van der Waals surface area contributed by atoms with Crippen LogP contribution in [-0.2, 0) is 6.42 Å². The van der Waals surface area contributed by atoms with Crippen LogP contribution >= 0.6 is 38.8 Å². The van der Waals surface area contributed by atoms with E-state index in [-0.39, 0.29) is 0 Å². The zero-order valence-electron chi connectivity index (χ0n) is 11.2. The smallest absolute Gasteiger partial charge is 0.147 e. The second kappa shape index (κ2) is 6.60. The van der Waals surface area contributed by atoms with Crippen LogP contribution in [0.15, 0.2) is 46.3 Å². The van der Waals surface area contributed by atoms with Gasteiger partial charge in [0, 0.05) is 11.4 Å². The third kappa shape index (κ3) is 3.45. The Kier molecular flexibility index (Phi) is 4.57. The van der Waals surface area contributed by atoms with Crippen LogP contribution in [0.5, 0.6) is 0 Å². The molecule has 6 heteroatoms. The summed E-state index contributed by atoms with van der Waals surface area (Å²) in [4.78, 5) is 1.35. The average Bonchev–Trinajstić information content (AvgIpc) is 3.06. The molecule has 3 rings (SSSR count). The summed E-state index contributed by atoms with van der Waals surface area (Å²) in [6.45, 7) is 0.869. The predicted octanol–water partition coefficient (Wildman–Crippen LogP) is 4.87. The molecule has 0 atom stereocenters. The molecule has 2 aromatic heterocycles. The van der Waals surface area contributed by atoms with Crippen LogP contribution in [-0.4, -0.2) is 10.9 Å². The molecule has 3 aromatic rings. The van der Waals surface area contributed by atoms with Crippen molar-refractivity contribution in [3.05, 3.63) is 51.1 Å². The third-order valence-corrected chi connectivity index (χ3v) is 5.57. The number of benzene rings is 1. The summed E-state index contributed by atoms with van der Waals surface area (Å²) in [5.41, 5.74) is 8.12. The van der Waals surface area contributed by atoms with Gasteiger partial charge in [0.25, 0.3) is 0 Å². The van der Waals surface area contributed by atoms with Gasteiger partial charge in [0.1, 0.15) is 10.8 Å². The van der Waals surface area contributed by atoms with E-state index in [0.29, 0.717) is 5.82 Å². The van der Waals surface area contributed by atoms with E-state index < -0.39 is 0 Å². The lowest BCUT2D eigenvalue weighted by molar-refractivity contribution is 1.05. The van der Waals surface area contributed by atoms with Gasteiger partial charge in [0.2, 0.25) is 0 Å². The molecule has 3 nitrogen and oxygen atoms in total. The van der Waals surface area contributed by atoms with Gasteiger partial charge in [-0.1, -0.05) is 30.3 Å². The van der Waals surface area contributed by atoms with Crippen LogP contribution in [0, 0.1) is 0 Å². The fourth-order valence-corrected chi connectivity index (χ4v) is 4.34. The molecule has 0 fully saturated rings. The number of rotatable bonds is 5. The molecule has 0 aliphatic carbocycles. The van der Waals surface area contributed by atoms with Crippen molar-refractivity contribution in [2.75, 3.05) is 17.6 Å². The van der Waals surface area contributed by atoms with Crippen LogP contribution in [0.25, 0.3) is 11.1 Å². The number of anilines is 2. The minimum absolute atomic E-state index is 0.590. The number of nitrogens with zero attached hydrogens (tertiary/aromatic N) is 1. The zero-order valence-corrected chi connectivity index (χ0v) is 14.4. The Morgan fingerprint density at radius 1 is 1.14 bits per heavy atom. The molecule has 0 spiro atoms. The van der Waals surface area contributed by atoms with Gasteiger partial charge < -0.3 is 11.1 Å². The molecule has 0 saturated heterocycles. The van der Waals surface area contributed by atoms with Gasteiger partial charge in [-0.05, 0) is 51.6 Å². The number of aromatic nitrogens is 1. The molecule has 0 unspecified atom stereocenters. The summed E-state index contributed by atoms with van der Waals surface area (Å²) in [6.07, 6.45) is 0.988. The van der Waals surface area contributed by atoms with Gasteiger partial charge in [-0.2, -0.15) is 4.37 Å². The molecule has 0 aliphatic heterocycles. The normalized spacial score (nSPS) is 10.7. The molecule has 3 N–H and O–H groups in total. The Morgan fingerprint density at radius 2 is 1.95 bits per heavy atom. The maximum atomic E-state index is 6.01. The monoisotopic (exact) mass is 379 g/mol. The highest BCUT2D eigenvalue weighted by Gasteiger charge is 2.13. The summed E-state index contributed by atoms with van der Waals surface area (Å²) in [6, 6.07) is 14.4. The lowest BCUT2D eigenvalue weighted by Gasteiger charge is -2.06. The summed E-state index contributed by atoms with van der Waals surface area (Å²) in [5, 5.41) is 4.49. The first-order valence-electron chi connectivity index (χ1n) is 6.52. The van der Waals surface area contributed by atoms with E-state index in [1.807, 2.05) is 18.2 Å². The second-order valence-electron chi connectivity index (χ2n) is 4.52. The maximum Gasteiger partial charge on any atom is 0.147 e. The fourth-order valence-electron chi connectivity index (χ4n) is 2.09. The van der Waals surface area contributed by atoms with Crippen molar-refractivity contribution >= 4 is 49.6 Å². The van der Waals surface area contributed by atoms with Gasteiger partial charge in [0.15, 0.2) is 0 Å². The lowest BCUT2D eigenvalue weighted by Crippen LogP contribution is -2.03. The SMILES string of the molecule is Nc1nsc(NCCc2ccc(Br)s2)c1-c1ccccc1. The standard InChI is InChI=1S/C15H14BrN3S2/c16-12-7-6-11(20-12)8-9-18-15-13(14(17)19-21-15)10-4-2-1-3-5-10/h1-7,18H,8-9H2,(H2,17,19).